The first-order valence-electron chi connectivity index (χ1n) is 12.1. The van der Waals surface area contributed by atoms with Gasteiger partial charge in [0.15, 0.2) is 6.61 Å². The molecule has 1 heterocycles. The van der Waals surface area contributed by atoms with Gasteiger partial charge in [0.2, 0.25) is 0 Å². The van der Waals surface area contributed by atoms with Crippen LogP contribution in [0.25, 0.3) is 11.3 Å². The van der Waals surface area contributed by atoms with Crippen LogP contribution in [-0.2, 0) is 22.5 Å². The van der Waals surface area contributed by atoms with Gasteiger partial charge in [-0.1, -0.05) is 24.3 Å². The number of alkyl halides is 3. The average Bonchev–Trinajstić information content (AvgIpc) is 3.30. The molecule has 0 radical (unpaired) electrons. The molecule has 0 aliphatic heterocycles. The van der Waals surface area contributed by atoms with Gasteiger partial charge in [0.25, 0.3) is 0 Å². The van der Waals surface area contributed by atoms with E-state index in [9.17, 15) is 18.0 Å². The topological polar surface area (TPSA) is 59.7 Å². The Hall–Kier alpha value is -3.30. The van der Waals surface area contributed by atoms with E-state index in [1.54, 1.807) is 29.6 Å². The molecular weight excluding hydrogens is 545 g/mol. The first-order chi connectivity index (χ1) is 18.5. The third-order valence-electron chi connectivity index (χ3n) is 6.20. The molecule has 0 unspecified atom stereocenters. The lowest BCUT2D eigenvalue weighted by Crippen LogP contribution is -2.09. The zero-order valence-corrected chi connectivity index (χ0v) is 23.2. The maximum absolute atomic E-state index is 13.0. The maximum Gasteiger partial charge on any atom is 0.416 e. The van der Waals surface area contributed by atoms with E-state index < -0.39 is 24.3 Å². The lowest BCUT2D eigenvalue weighted by Gasteiger charge is -2.10. The van der Waals surface area contributed by atoms with E-state index in [2.05, 4.69) is 26.0 Å². The highest BCUT2D eigenvalue weighted by atomic mass is 32.2. The predicted molar refractivity (Wildman–Crippen MR) is 148 cm³/mol. The van der Waals surface area contributed by atoms with Crippen molar-refractivity contribution in [2.45, 2.75) is 48.2 Å². The van der Waals surface area contributed by atoms with E-state index in [1.165, 1.54) is 23.3 Å². The summed E-state index contributed by atoms with van der Waals surface area (Å²) in [6.45, 7) is 5.60. The molecule has 0 bridgehead atoms. The molecular formula is C30H27F3O4S2. The smallest absolute Gasteiger partial charge is 0.416 e. The van der Waals surface area contributed by atoms with Gasteiger partial charge in [-0.05, 0) is 79.9 Å². The number of rotatable bonds is 10. The van der Waals surface area contributed by atoms with Crippen LogP contribution < -0.4 is 4.74 Å². The van der Waals surface area contributed by atoms with Crippen LogP contribution in [0, 0.1) is 20.8 Å². The summed E-state index contributed by atoms with van der Waals surface area (Å²) in [5.41, 5.74) is 4.06. The standard InChI is InChI=1S/C30H27F3O4S2/c1-18-5-4-6-28(20(18)3)39-17-27-22(14-26(37-27)21-7-9-23(10-8-21)30(31,32)33)16-38-24-11-12-25(19(2)13-24)36-15-29(34)35/h4-14H,15-17H2,1-3H3,(H,34,35). The van der Waals surface area contributed by atoms with Crippen molar-refractivity contribution in [1.82, 2.24) is 0 Å². The van der Waals surface area contributed by atoms with Crippen LogP contribution in [0.1, 0.15) is 33.6 Å². The minimum absolute atomic E-state index is 0.406. The van der Waals surface area contributed by atoms with Gasteiger partial charge < -0.3 is 14.3 Å². The van der Waals surface area contributed by atoms with E-state index in [0.717, 1.165) is 38.8 Å². The summed E-state index contributed by atoms with van der Waals surface area (Å²) in [5, 5.41) is 8.85. The number of carboxylic acids is 1. The van der Waals surface area contributed by atoms with Crippen LogP contribution in [0.5, 0.6) is 5.75 Å². The fourth-order valence-corrected chi connectivity index (χ4v) is 5.95. The van der Waals surface area contributed by atoms with Crippen LogP contribution in [0.2, 0.25) is 0 Å². The Morgan fingerprint density at radius 2 is 1.67 bits per heavy atom. The number of aliphatic carboxylic acids is 1. The number of halogens is 3. The van der Waals surface area contributed by atoms with Crippen molar-refractivity contribution < 1.29 is 32.2 Å². The third-order valence-corrected chi connectivity index (χ3v) is 8.40. The molecule has 0 amide bonds. The van der Waals surface area contributed by atoms with Gasteiger partial charge in [0, 0.05) is 26.7 Å². The van der Waals surface area contributed by atoms with Crippen LogP contribution in [0.4, 0.5) is 13.2 Å². The largest absolute Gasteiger partial charge is 0.482 e. The lowest BCUT2D eigenvalue weighted by molar-refractivity contribution is -0.139. The summed E-state index contributed by atoms with van der Waals surface area (Å²) < 4.78 is 50.7. The maximum atomic E-state index is 13.0. The van der Waals surface area contributed by atoms with E-state index in [1.807, 2.05) is 31.2 Å². The molecule has 4 aromatic rings. The number of carboxylic acid groups (broad SMARTS) is 1. The molecule has 0 aliphatic rings. The summed E-state index contributed by atoms with van der Waals surface area (Å²) in [6, 6.07) is 18.6. The SMILES string of the molecule is Cc1cc(SCc2cc(-c3ccc(C(F)(F)F)cc3)oc2CSc2cccc(C)c2C)ccc1OCC(=O)O. The molecule has 0 saturated carbocycles. The Labute approximate surface area is 233 Å². The molecule has 0 spiro atoms. The zero-order chi connectivity index (χ0) is 28.2. The molecule has 0 fully saturated rings. The molecule has 4 rings (SSSR count). The Morgan fingerprint density at radius 1 is 0.923 bits per heavy atom. The van der Waals surface area contributed by atoms with Gasteiger partial charge in [0.1, 0.15) is 17.3 Å². The number of aryl methyl sites for hydroxylation is 2. The minimum atomic E-state index is -4.40. The Balaban J connectivity index is 1.56. The highest BCUT2D eigenvalue weighted by Crippen LogP contribution is 2.37. The second kappa shape index (κ2) is 12.3. The number of benzene rings is 3. The summed E-state index contributed by atoms with van der Waals surface area (Å²) >= 11 is 3.25. The zero-order valence-electron chi connectivity index (χ0n) is 21.6. The lowest BCUT2D eigenvalue weighted by atomic mass is 10.1. The molecule has 1 aromatic heterocycles. The fourth-order valence-electron chi connectivity index (χ4n) is 3.87. The first kappa shape index (κ1) is 28.7. The van der Waals surface area contributed by atoms with Gasteiger partial charge in [0.05, 0.1) is 11.3 Å². The molecule has 1 N–H and O–H groups in total. The number of furan rings is 1. The second-order valence-corrected chi connectivity index (χ2v) is 11.1. The van der Waals surface area contributed by atoms with E-state index in [0.29, 0.717) is 28.6 Å². The third kappa shape index (κ3) is 7.42. The highest BCUT2D eigenvalue weighted by Gasteiger charge is 2.30. The van der Waals surface area contributed by atoms with Crippen molar-refractivity contribution in [3.63, 3.8) is 0 Å². The first-order valence-corrected chi connectivity index (χ1v) is 14.0. The number of hydrogen-bond acceptors (Lipinski definition) is 5. The van der Waals surface area contributed by atoms with E-state index in [-0.39, 0.29) is 0 Å². The molecule has 39 heavy (non-hydrogen) atoms. The van der Waals surface area contributed by atoms with Crippen molar-refractivity contribution in [3.8, 4) is 17.1 Å². The van der Waals surface area contributed by atoms with E-state index in [4.69, 9.17) is 14.3 Å². The summed E-state index contributed by atoms with van der Waals surface area (Å²) in [6.07, 6.45) is -4.40. The minimum Gasteiger partial charge on any atom is -0.482 e. The van der Waals surface area contributed by atoms with Crippen molar-refractivity contribution in [1.29, 1.82) is 0 Å². The van der Waals surface area contributed by atoms with Crippen LogP contribution in [0.3, 0.4) is 0 Å². The van der Waals surface area contributed by atoms with Crippen molar-refractivity contribution in [2.75, 3.05) is 6.61 Å². The van der Waals surface area contributed by atoms with Crippen LogP contribution in [0.15, 0.2) is 80.9 Å². The molecule has 0 atom stereocenters. The second-order valence-electron chi connectivity index (χ2n) is 9.02. The molecule has 4 nitrogen and oxygen atoms in total. The molecule has 3 aromatic carbocycles. The van der Waals surface area contributed by atoms with Crippen molar-refractivity contribution in [2.24, 2.45) is 0 Å². The van der Waals surface area contributed by atoms with Crippen LogP contribution in [-0.4, -0.2) is 17.7 Å². The molecule has 204 valence electrons. The summed E-state index contributed by atoms with van der Waals surface area (Å²) in [7, 11) is 0. The van der Waals surface area contributed by atoms with E-state index >= 15 is 0 Å². The Kier molecular flexibility index (Phi) is 9.02. The summed E-state index contributed by atoms with van der Waals surface area (Å²) in [5.74, 6) is 1.91. The van der Waals surface area contributed by atoms with Gasteiger partial charge in [-0.15, -0.1) is 23.5 Å². The molecule has 9 heteroatoms. The normalized spacial score (nSPS) is 11.5. The number of hydrogen-bond donors (Lipinski definition) is 1. The number of carbonyl (C=O) groups is 1. The van der Waals surface area contributed by atoms with Gasteiger partial charge >= 0.3 is 12.1 Å². The predicted octanol–water partition coefficient (Wildman–Crippen LogP) is 8.94. The van der Waals surface area contributed by atoms with Crippen LogP contribution >= 0.6 is 23.5 Å². The number of ether oxygens (including phenoxy) is 1. The molecule has 0 aliphatic carbocycles. The summed E-state index contributed by atoms with van der Waals surface area (Å²) in [4.78, 5) is 12.9. The molecule has 0 saturated heterocycles. The monoisotopic (exact) mass is 572 g/mol. The Bertz CT molecular complexity index is 1460. The van der Waals surface area contributed by atoms with Gasteiger partial charge in [-0.3, -0.25) is 0 Å². The van der Waals surface area contributed by atoms with Crippen molar-refractivity contribution in [3.05, 3.63) is 100 Å². The van der Waals surface area contributed by atoms with Crippen molar-refractivity contribution >= 4 is 29.5 Å². The quantitative estimate of drug-likeness (QED) is 0.192. The Morgan fingerprint density at radius 3 is 2.33 bits per heavy atom. The van der Waals surface area contributed by atoms with Gasteiger partial charge in [-0.2, -0.15) is 13.2 Å². The fraction of sp³-hybridized carbons (Fsp3) is 0.233. The average molecular weight is 573 g/mol. The number of thioether (sulfide) groups is 2. The van der Waals surface area contributed by atoms with Gasteiger partial charge in [-0.25, -0.2) is 4.79 Å². The highest BCUT2D eigenvalue weighted by molar-refractivity contribution is 7.99.